The van der Waals surface area contributed by atoms with Gasteiger partial charge in [0.2, 0.25) is 0 Å². The SMILES string of the molecule is C=C(Nc1ccc(C(C)C)cc1)c1cccc(C2=CN(/C=C\C)C(=C)C(Nc3ccc(C)c(OC)c3)=N2)c1. The van der Waals surface area contributed by atoms with E-state index in [-0.39, 0.29) is 0 Å². The van der Waals surface area contributed by atoms with Gasteiger partial charge in [-0.15, -0.1) is 0 Å². The first-order chi connectivity index (χ1) is 18.3. The Morgan fingerprint density at radius 1 is 1.03 bits per heavy atom. The molecule has 3 aromatic carbocycles. The molecule has 0 saturated carbocycles. The monoisotopic (exact) mass is 504 g/mol. The van der Waals surface area contributed by atoms with Gasteiger partial charge in [0.25, 0.3) is 0 Å². The first-order valence-electron chi connectivity index (χ1n) is 12.8. The molecule has 0 fully saturated rings. The van der Waals surface area contributed by atoms with E-state index in [0.29, 0.717) is 11.8 Å². The lowest BCUT2D eigenvalue weighted by Gasteiger charge is -2.26. The number of aliphatic imine (C=N–C) groups is 1. The lowest BCUT2D eigenvalue weighted by Crippen LogP contribution is -2.26. The van der Waals surface area contributed by atoms with Crippen LogP contribution in [0.4, 0.5) is 11.4 Å². The molecule has 0 unspecified atom stereocenters. The van der Waals surface area contributed by atoms with Crippen molar-refractivity contribution in [3.63, 3.8) is 0 Å². The molecule has 38 heavy (non-hydrogen) atoms. The lowest BCUT2D eigenvalue weighted by atomic mass is 10.0. The Kier molecular flexibility index (Phi) is 8.17. The van der Waals surface area contributed by atoms with Crippen LogP contribution in [-0.2, 0) is 0 Å². The smallest absolute Gasteiger partial charge is 0.154 e. The van der Waals surface area contributed by atoms with Crippen LogP contribution in [0.25, 0.3) is 11.4 Å². The second-order valence-corrected chi connectivity index (χ2v) is 9.58. The largest absolute Gasteiger partial charge is 0.496 e. The van der Waals surface area contributed by atoms with Gasteiger partial charge in [0.05, 0.1) is 18.5 Å². The molecule has 1 aliphatic rings. The van der Waals surface area contributed by atoms with Crippen LogP contribution < -0.4 is 15.4 Å². The third kappa shape index (κ3) is 6.06. The Hall–Kier alpha value is -4.51. The summed E-state index contributed by atoms with van der Waals surface area (Å²) in [4.78, 5) is 6.93. The number of benzene rings is 3. The lowest BCUT2D eigenvalue weighted by molar-refractivity contribution is 0.412. The standard InChI is InChI=1S/C33H36N4O/c1-8-18-37-21-31(36-33(25(37)6)35-30-15-12-23(4)32(20-30)38-7)28-11-9-10-27(19-28)24(5)34-29-16-13-26(14-17-29)22(2)3/h8-22,34H,5-6H2,1-4,7H3,(H,35,36)/b18-8-. The Bertz CT molecular complexity index is 1430. The van der Waals surface area contributed by atoms with Gasteiger partial charge in [-0.25, -0.2) is 4.99 Å². The molecule has 4 rings (SSSR count). The number of hydrogen-bond acceptors (Lipinski definition) is 5. The van der Waals surface area contributed by atoms with Crippen LogP contribution in [0.5, 0.6) is 5.75 Å². The maximum Gasteiger partial charge on any atom is 0.154 e. The topological polar surface area (TPSA) is 48.9 Å². The number of amidine groups is 1. The van der Waals surface area contributed by atoms with E-state index in [1.807, 2.05) is 61.5 Å². The maximum absolute atomic E-state index is 5.50. The molecule has 5 heteroatoms. The van der Waals surface area contributed by atoms with E-state index in [1.165, 1.54) is 5.56 Å². The Balaban J connectivity index is 1.61. The highest BCUT2D eigenvalue weighted by Gasteiger charge is 2.19. The summed E-state index contributed by atoms with van der Waals surface area (Å²) < 4.78 is 5.50. The van der Waals surface area contributed by atoms with E-state index >= 15 is 0 Å². The summed E-state index contributed by atoms with van der Waals surface area (Å²) >= 11 is 0. The van der Waals surface area contributed by atoms with Crippen molar-refractivity contribution in [2.24, 2.45) is 4.99 Å². The highest BCUT2D eigenvalue weighted by Crippen LogP contribution is 2.29. The molecular weight excluding hydrogens is 468 g/mol. The van der Waals surface area contributed by atoms with Crippen LogP contribution in [0.1, 0.15) is 48.9 Å². The summed E-state index contributed by atoms with van der Waals surface area (Å²) in [5.74, 6) is 1.98. The number of ether oxygens (including phenoxy) is 1. The zero-order valence-corrected chi connectivity index (χ0v) is 22.9. The van der Waals surface area contributed by atoms with E-state index in [0.717, 1.165) is 50.9 Å². The summed E-state index contributed by atoms with van der Waals surface area (Å²) in [5, 5.41) is 6.87. The van der Waals surface area contributed by atoms with Crippen molar-refractivity contribution in [1.82, 2.24) is 4.90 Å². The van der Waals surface area contributed by atoms with Crippen LogP contribution >= 0.6 is 0 Å². The van der Waals surface area contributed by atoms with E-state index in [2.05, 4.69) is 80.1 Å². The minimum Gasteiger partial charge on any atom is -0.496 e. The maximum atomic E-state index is 5.50. The van der Waals surface area contributed by atoms with Crippen LogP contribution in [0.15, 0.2) is 109 Å². The van der Waals surface area contributed by atoms with Gasteiger partial charge >= 0.3 is 0 Å². The minimum atomic E-state index is 0.499. The average Bonchev–Trinajstić information content (AvgIpc) is 2.92. The van der Waals surface area contributed by atoms with Gasteiger partial charge in [-0.05, 0) is 60.7 Å². The molecule has 0 spiro atoms. The first kappa shape index (κ1) is 26.6. The fourth-order valence-electron chi connectivity index (χ4n) is 4.18. The fourth-order valence-corrected chi connectivity index (χ4v) is 4.18. The molecule has 1 heterocycles. The number of rotatable bonds is 8. The Labute approximate surface area is 226 Å². The third-order valence-electron chi connectivity index (χ3n) is 6.44. The summed E-state index contributed by atoms with van der Waals surface area (Å²) in [6, 6.07) is 22.7. The number of hydrogen-bond donors (Lipinski definition) is 2. The highest BCUT2D eigenvalue weighted by atomic mass is 16.5. The molecule has 0 aromatic heterocycles. The summed E-state index contributed by atoms with van der Waals surface area (Å²) in [6.07, 6.45) is 5.94. The van der Waals surface area contributed by atoms with Crippen LogP contribution in [0, 0.1) is 6.92 Å². The highest BCUT2D eigenvalue weighted by molar-refractivity contribution is 6.10. The third-order valence-corrected chi connectivity index (χ3v) is 6.44. The average molecular weight is 505 g/mol. The molecule has 1 aliphatic heterocycles. The number of anilines is 2. The van der Waals surface area contributed by atoms with E-state index < -0.39 is 0 Å². The van der Waals surface area contributed by atoms with E-state index in [4.69, 9.17) is 9.73 Å². The number of nitrogens with one attached hydrogen (secondary N) is 2. The Morgan fingerprint density at radius 2 is 1.76 bits per heavy atom. The van der Waals surface area contributed by atoms with Crippen molar-refractivity contribution in [3.8, 4) is 5.75 Å². The van der Waals surface area contributed by atoms with Crippen molar-refractivity contribution in [2.45, 2.75) is 33.6 Å². The molecule has 0 aliphatic carbocycles. The first-order valence-corrected chi connectivity index (χ1v) is 12.8. The van der Waals surface area contributed by atoms with Gasteiger partial charge in [0, 0.05) is 41.1 Å². The Morgan fingerprint density at radius 3 is 2.45 bits per heavy atom. The normalized spacial score (nSPS) is 13.4. The van der Waals surface area contributed by atoms with Gasteiger partial charge in [-0.3, -0.25) is 0 Å². The molecule has 5 nitrogen and oxygen atoms in total. The second kappa shape index (κ2) is 11.7. The molecule has 0 bridgehead atoms. The predicted molar refractivity (Wildman–Crippen MR) is 162 cm³/mol. The van der Waals surface area contributed by atoms with Crippen molar-refractivity contribution in [3.05, 3.63) is 126 Å². The molecule has 194 valence electrons. The van der Waals surface area contributed by atoms with Crippen LogP contribution in [-0.4, -0.2) is 17.8 Å². The number of allylic oxidation sites excluding steroid dienone is 1. The number of aryl methyl sites for hydroxylation is 1. The summed E-state index contributed by atoms with van der Waals surface area (Å²) in [6.45, 7) is 16.9. The predicted octanol–water partition coefficient (Wildman–Crippen LogP) is 8.38. The van der Waals surface area contributed by atoms with Crippen molar-refractivity contribution in [1.29, 1.82) is 0 Å². The van der Waals surface area contributed by atoms with E-state index in [1.54, 1.807) is 7.11 Å². The molecular formula is C33H36N4O. The molecule has 3 aromatic rings. The second-order valence-electron chi connectivity index (χ2n) is 9.58. The zero-order valence-electron chi connectivity index (χ0n) is 22.9. The van der Waals surface area contributed by atoms with Gasteiger partial charge in [-0.1, -0.05) is 69.5 Å². The van der Waals surface area contributed by atoms with E-state index in [9.17, 15) is 0 Å². The molecule has 0 atom stereocenters. The zero-order chi connectivity index (χ0) is 27.2. The quantitative estimate of drug-likeness (QED) is 0.323. The minimum absolute atomic E-state index is 0.499. The fraction of sp³-hybridized carbons (Fsp3) is 0.182. The van der Waals surface area contributed by atoms with Gasteiger partial charge in [0.1, 0.15) is 5.75 Å². The van der Waals surface area contributed by atoms with Crippen LogP contribution in [0.3, 0.4) is 0 Å². The molecule has 2 N–H and O–H groups in total. The van der Waals surface area contributed by atoms with Crippen molar-refractivity contribution in [2.75, 3.05) is 17.7 Å². The molecule has 0 saturated heterocycles. The van der Waals surface area contributed by atoms with Crippen molar-refractivity contribution < 1.29 is 4.74 Å². The summed E-state index contributed by atoms with van der Waals surface area (Å²) in [5.41, 5.74) is 8.62. The summed E-state index contributed by atoms with van der Waals surface area (Å²) in [7, 11) is 1.67. The molecule has 0 amide bonds. The van der Waals surface area contributed by atoms with Crippen LogP contribution in [0.2, 0.25) is 0 Å². The number of nitrogens with zero attached hydrogens (tertiary/aromatic N) is 2. The number of methoxy groups -OCH3 is 1. The molecule has 0 radical (unpaired) electrons. The van der Waals surface area contributed by atoms with Gasteiger partial charge < -0.3 is 20.3 Å². The van der Waals surface area contributed by atoms with Gasteiger partial charge in [-0.2, -0.15) is 0 Å². The van der Waals surface area contributed by atoms with Crippen molar-refractivity contribution >= 4 is 28.6 Å². The van der Waals surface area contributed by atoms with Gasteiger partial charge in [0.15, 0.2) is 5.84 Å².